The Hall–Kier alpha value is -1.70. The fraction of sp³-hybridized carbons (Fsp3) is 0.538. The van der Waals surface area contributed by atoms with Crippen molar-refractivity contribution in [3.05, 3.63) is 46.3 Å². The van der Waals surface area contributed by atoms with Gasteiger partial charge in [-0.15, -0.1) is 0 Å². The van der Waals surface area contributed by atoms with Gasteiger partial charge in [-0.3, -0.25) is 0 Å². The molecule has 1 heterocycles. The smallest absolute Gasteiger partial charge is 0.169 e. The van der Waals surface area contributed by atoms with E-state index in [1.807, 2.05) is 30.3 Å². The molecule has 7 nitrogen and oxygen atoms in total. The van der Waals surface area contributed by atoms with Crippen molar-refractivity contribution in [2.45, 2.75) is 37.3 Å². The van der Waals surface area contributed by atoms with Crippen molar-refractivity contribution < 1.29 is 24.1 Å². The molecule has 0 bridgehead atoms. The Bertz CT molecular complexity index is 497. The standard InChI is InChI=1S/C13H16FN3O4/c14-10-9(6-18)21-13(11(12(10)19)16-17-15)20-7-8-4-2-1-3-5-8/h1-5,9-13,18-19H,6-7H2. The summed E-state index contributed by atoms with van der Waals surface area (Å²) >= 11 is 0. The van der Waals surface area contributed by atoms with Crippen molar-refractivity contribution in [1.82, 2.24) is 0 Å². The molecule has 1 aliphatic rings. The fourth-order valence-corrected chi connectivity index (χ4v) is 2.11. The Morgan fingerprint density at radius 2 is 2.10 bits per heavy atom. The summed E-state index contributed by atoms with van der Waals surface area (Å²) in [4.78, 5) is 2.58. The molecule has 2 rings (SSSR count). The van der Waals surface area contributed by atoms with Crippen LogP contribution >= 0.6 is 0 Å². The third-order valence-electron chi connectivity index (χ3n) is 3.24. The SMILES string of the molecule is [N-]=[N+]=NC1C(OCc2ccccc2)OC(CO)C(F)C1O. The van der Waals surface area contributed by atoms with E-state index in [1.165, 1.54) is 0 Å². The molecular formula is C13H16FN3O4. The lowest BCUT2D eigenvalue weighted by Gasteiger charge is -2.39. The number of aliphatic hydroxyl groups excluding tert-OH is 2. The zero-order chi connectivity index (χ0) is 15.2. The van der Waals surface area contributed by atoms with Crippen molar-refractivity contribution in [2.75, 3.05) is 6.61 Å². The van der Waals surface area contributed by atoms with E-state index in [-0.39, 0.29) is 6.61 Å². The van der Waals surface area contributed by atoms with Gasteiger partial charge in [-0.1, -0.05) is 35.4 Å². The molecule has 0 aromatic heterocycles. The first-order valence-electron chi connectivity index (χ1n) is 6.45. The van der Waals surface area contributed by atoms with Gasteiger partial charge < -0.3 is 19.7 Å². The molecule has 1 aromatic rings. The Balaban J connectivity index is 2.08. The molecule has 5 unspecified atom stereocenters. The number of rotatable bonds is 5. The summed E-state index contributed by atoms with van der Waals surface area (Å²) in [6.45, 7) is -0.461. The van der Waals surface area contributed by atoms with Gasteiger partial charge in [0.1, 0.15) is 18.2 Å². The number of hydrogen-bond donors (Lipinski definition) is 2. The van der Waals surface area contributed by atoms with E-state index >= 15 is 0 Å². The van der Waals surface area contributed by atoms with Crippen molar-refractivity contribution in [3.63, 3.8) is 0 Å². The first kappa shape index (κ1) is 15.7. The molecule has 21 heavy (non-hydrogen) atoms. The minimum Gasteiger partial charge on any atom is -0.394 e. The number of hydrogen-bond acceptors (Lipinski definition) is 5. The predicted molar refractivity (Wildman–Crippen MR) is 70.8 cm³/mol. The first-order chi connectivity index (χ1) is 10.2. The largest absolute Gasteiger partial charge is 0.394 e. The molecule has 8 heteroatoms. The summed E-state index contributed by atoms with van der Waals surface area (Å²) in [6, 6.07) is 7.94. The summed E-state index contributed by atoms with van der Waals surface area (Å²) in [5.41, 5.74) is 9.36. The zero-order valence-electron chi connectivity index (χ0n) is 11.1. The van der Waals surface area contributed by atoms with Crippen molar-refractivity contribution in [1.29, 1.82) is 0 Å². The molecule has 1 aliphatic heterocycles. The molecule has 2 N–H and O–H groups in total. The van der Waals surface area contributed by atoms with Gasteiger partial charge >= 0.3 is 0 Å². The van der Waals surface area contributed by atoms with Gasteiger partial charge in [-0.25, -0.2) is 4.39 Å². The average Bonchev–Trinajstić information content (AvgIpc) is 2.52. The summed E-state index contributed by atoms with van der Waals surface area (Å²) in [7, 11) is 0. The average molecular weight is 297 g/mol. The Kier molecular flexibility index (Phi) is 5.49. The zero-order valence-corrected chi connectivity index (χ0v) is 11.1. The predicted octanol–water partition coefficient (Wildman–Crippen LogP) is 1.30. The van der Waals surface area contributed by atoms with E-state index in [4.69, 9.17) is 20.1 Å². The van der Waals surface area contributed by atoms with Crippen molar-refractivity contribution in [3.8, 4) is 0 Å². The molecule has 0 saturated carbocycles. The number of azide groups is 1. The molecule has 114 valence electrons. The van der Waals surface area contributed by atoms with Crippen LogP contribution in [0.25, 0.3) is 10.4 Å². The molecular weight excluding hydrogens is 281 g/mol. The van der Waals surface area contributed by atoms with Gasteiger partial charge in [0.05, 0.1) is 13.2 Å². The molecule has 0 amide bonds. The monoisotopic (exact) mass is 297 g/mol. The Morgan fingerprint density at radius 3 is 2.71 bits per heavy atom. The molecule has 0 aliphatic carbocycles. The number of halogens is 1. The second kappa shape index (κ2) is 7.35. The van der Waals surface area contributed by atoms with Gasteiger partial charge in [0.25, 0.3) is 0 Å². The molecule has 1 saturated heterocycles. The Labute approximate surface area is 120 Å². The third-order valence-corrected chi connectivity index (χ3v) is 3.24. The van der Waals surface area contributed by atoms with Gasteiger partial charge in [-0.05, 0) is 11.1 Å². The van der Waals surface area contributed by atoms with Crippen LogP contribution in [0.2, 0.25) is 0 Å². The van der Waals surface area contributed by atoms with Crippen LogP contribution < -0.4 is 0 Å². The maximum Gasteiger partial charge on any atom is 0.169 e. The van der Waals surface area contributed by atoms with E-state index in [2.05, 4.69) is 10.0 Å². The van der Waals surface area contributed by atoms with Gasteiger partial charge in [-0.2, -0.15) is 0 Å². The Morgan fingerprint density at radius 1 is 1.38 bits per heavy atom. The van der Waals surface area contributed by atoms with E-state index in [1.54, 1.807) is 0 Å². The summed E-state index contributed by atoms with van der Waals surface area (Å²) in [5.74, 6) is 0. The normalized spacial score (nSPS) is 32.4. The van der Waals surface area contributed by atoms with Crippen LogP contribution in [-0.2, 0) is 16.1 Å². The van der Waals surface area contributed by atoms with Gasteiger partial charge in [0.2, 0.25) is 0 Å². The molecule has 0 radical (unpaired) electrons. The maximum absolute atomic E-state index is 13.8. The van der Waals surface area contributed by atoms with E-state index in [0.717, 1.165) is 5.56 Å². The third kappa shape index (κ3) is 3.69. The number of alkyl halides is 1. The van der Waals surface area contributed by atoms with Crippen LogP contribution in [0.3, 0.4) is 0 Å². The lowest BCUT2D eigenvalue weighted by Crippen LogP contribution is -2.56. The highest BCUT2D eigenvalue weighted by Crippen LogP contribution is 2.27. The van der Waals surface area contributed by atoms with Crippen LogP contribution in [0.1, 0.15) is 5.56 Å². The molecule has 1 aromatic carbocycles. The second-order valence-electron chi connectivity index (χ2n) is 4.65. The molecule has 5 atom stereocenters. The van der Waals surface area contributed by atoms with Gasteiger partial charge in [0, 0.05) is 4.91 Å². The van der Waals surface area contributed by atoms with Gasteiger partial charge in [0.15, 0.2) is 12.5 Å². The van der Waals surface area contributed by atoms with Crippen LogP contribution in [0, 0.1) is 0 Å². The van der Waals surface area contributed by atoms with E-state index in [9.17, 15) is 9.50 Å². The van der Waals surface area contributed by atoms with E-state index < -0.39 is 37.3 Å². The minimum absolute atomic E-state index is 0.144. The highest BCUT2D eigenvalue weighted by molar-refractivity contribution is 5.13. The number of benzene rings is 1. The summed E-state index contributed by atoms with van der Waals surface area (Å²) in [6.07, 6.45) is -5.78. The summed E-state index contributed by atoms with van der Waals surface area (Å²) < 4.78 is 24.5. The molecule has 1 fully saturated rings. The van der Waals surface area contributed by atoms with Crippen molar-refractivity contribution >= 4 is 0 Å². The number of ether oxygens (including phenoxy) is 2. The van der Waals surface area contributed by atoms with E-state index in [0.29, 0.717) is 0 Å². The highest BCUT2D eigenvalue weighted by Gasteiger charge is 2.45. The quantitative estimate of drug-likeness (QED) is 0.485. The lowest BCUT2D eigenvalue weighted by atomic mass is 9.99. The van der Waals surface area contributed by atoms with Crippen LogP contribution in [0.4, 0.5) is 4.39 Å². The highest BCUT2D eigenvalue weighted by atomic mass is 19.1. The number of aliphatic hydroxyl groups is 2. The summed E-state index contributed by atoms with van der Waals surface area (Å²) in [5, 5.41) is 22.2. The first-order valence-corrected chi connectivity index (χ1v) is 6.45. The minimum atomic E-state index is -1.85. The number of nitrogens with zero attached hydrogens (tertiary/aromatic N) is 3. The topological polar surface area (TPSA) is 108 Å². The van der Waals surface area contributed by atoms with Crippen LogP contribution in [0.5, 0.6) is 0 Å². The molecule has 0 spiro atoms. The van der Waals surface area contributed by atoms with Crippen molar-refractivity contribution in [2.24, 2.45) is 5.11 Å². The second-order valence-corrected chi connectivity index (χ2v) is 4.65. The van der Waals surface area contributed by atoms with Crippen LogP contribution in [-0.4, -0.2) is 47.5 Å². The lowest BCUT2D eigenvalue weighted by molar-refractivity contribution is -0.257. The van der Waals surface area contributed by atoms with Crippen LogP contribution in [0.15, 0.2) is 35.4 Å². The fourth-order valence-electron chi connectivity index (χ4n) is 2.11. The maximum atomic E-state index is 13.8.